The van der Waals surface area contributed by atoms with E-state index in [2.05, 4.69) is 38.2 Å². The molecule has 0 radical (unpaired) electrons. The molecule has 0 saturated carbocycles. The lowest BCUT2D eigenvalue weighted by molar-refractivity contribution is -0.870. The van der Waals surface area contributed by atoms with Crippen LogP contribution in [0.3, 0.4) is 0 Å². The van der Waals surface area contributed by atoms with Crippen molar-refractivity contribution in [3.8, 4) is 0 Å². The molecule has 0 heterocycles. The van der Waals surface area contributed by atoms with E-state index in [1.54, 1.807) is 0 Å². The molecule has 0 aromatic carbocycles. The number of carbonyl (C=O) groups is 2. The second-order valence-corrected chi connectivity index (χ2v) is 17.1. The summed E-state index contributed by atoms with van der Waals surface area (Å²) in [4.78, 5) is 37.5. The number of nitrogens with zero attached hydrogens (tertiary/aromatic N) is 1. The maximum atomic E-state index is 12.7. The maximum Gasteiger partial charge on any atom is 0.306 e. The molecule has 0 aliphatic carbocycles. The minimum atomic E-state index is -4.62. The van der Waals surface area contributed by atoms with Crippen molar-refractivity contribution in [1.82, 2.24) is 0 Å². The molecule has 0 aromatic heterocycles. The maximum absolute atomic E-state index is 12.7. The number of ether oxygens (including phenoxy) is 2. The van der Waals surface area contributed by atoms with Gasteiger partial charge in [-0.1, -0.05) is 154 Å². The highest BCUT2D eigenvalue weighted by molar-refractivity contribution is 7.45. The molecule has 0 rings (SSSR count). The summed E-state index contributed by atoms with van der Waals surface area (Å²) in [5.74, 6) is -0.839. The highest BCUT2D eigenvalue weighted by atomic mass is 31.2. The molecule has 10 heteroatoms. The van der Waals surface area contributed by atoms with Crippen molar-refractivity contribution in [3.05, 3.63) is 24.3 Å². The van der Waals surface area contributed by atoms with E-state index in [4.69, 9.17) is 18.5 Å². The van der Waals surface area contributed by atoms with Gasteiger partial charge in [0.2, 0.25) is 0 Å². The summed E-state index contributed by atoms with van der Waals surface area (Å²) in [6, 6.07) is 0. The number of hydrogen-bond acceptors (Lipinski definition) is 8. The average Bonchev–Trinajstić information content (AvgIpc) is 3.10. The number of rotatable bonds is 39. The fourth-order valence-electron chi connectivity index (χ4n) is 5.80. The Bertz CT molecular complexity index is 964. The van der Waals surface area contributed by atoms with Crippen molar-refractivity contribution >= 4 is 19.8 Å². The van der Waals surface area contributed by atoms with Gasteiger partial charge >= 0.3 is 11.9 Å². The molecule has 1 unspecified atom stereocenters. The van der Waals surface area contributed by atoms with E-state index in [0.717, 1.165) is 51.4 Å². The number of carbonyl (C=O) groups excluding carboxylic acids is 2. The Labute approximate surface area is 326 Å². The van der Waals surface area contributed by atoms with Crippen LogP contribution < -0.4 is 4.89 Å². The molecule has 0 saturated heterocycles. The zero-order valence-corrected chi connectivity index (χ0v) is 35.9. The first-order chi connectivity index (χ1) is 25.5. The van der Waals surface area contributed by atoms with Crippen LogP contribution in [0.4, 0.5) is 0 Å². The number of quaternary nitrogens is 1. The molecule has 312 valence electrons. The van der Waals surface area contributed by atoms with Gasteiger partial charge in [-0.25, -0.2) is 0 Å². The normalized spacial score (nSPS) is 13.8. The Balaban J connectivity index is 4.37. The highest BCUT2D eigenvalue weighted by Gasteiger charge is 2.21. The third-order valence-electron chi connectivity index (χ3n) is 9.22. The molecule has 53 heavy (non-hydrogen) atoms. The quantitative estimate of drug-likeness (QED) is 0.0200. The van der Waals surface area contributed by atoms with E-state index >= 15 is 0 Å². The summed E-state index contributed by atoms with van der Waals surface area (Å²) in [5.41, 5.74) is 0. The zero-order valence-electron chi connectivity index (χ0n) is 35.0. The summed E-state index contributed by atoms with van der Waals surface area (Å²) in [7, 11) is 1.16. The SMILES string of the molecule is CCCCC/C=C\C/C=C\CCCCCCCCCC(=O)O[C@H](COC(=O)CCCCCCCCCCCCCC)COP(=O)([O-])OCC[N+](C)(C)C. The lowest BCUT2D eigenvalue weighted by Gasteiger charge is -2.28. The van der Waals surface area contributed by atoms with Gasteiger partial charge in [0.05, 0.1) is 27.7 Å². The molecule has 0 aliphatic rings. The largest absolute Gasteiger partial charge is 0.756 e. The molecular formula is C43H82NO8P. The van der Waals surface area contributed by atoms with E-state index in [9.17, 15) is 19.0 Å². The summed E-state index contributed by atoms with van der Waals surface area (Å²) >= 11 is 0. The fourth-order valence-corrected chi connectivity index (χ4v) is 6.53. The van der Waals surface area contributed by atoms with Crippen molar-refractivity contribution < 1.29 is 42.1 Å². The zero-order chi connectivity index (χ0) is 39.3. The van der Waals surface area contributed by atoms with Gasteiger partial charge in [-0.05, 0) is 44.9 Å². The number of hydrogen-bond donors (Lipinski definition) is 0. The molecule has 2 atom stereocenters. The second kappa shape index (κ2) is 36.1. The lowest BCUT2D eigenvalue weighted by atomic mass is 10.0. The molecule has 0 amide bonds. The van der Waals surface area contributed by atoms with Gasteiger partial charge in [-0.15, -0.1) is 0 Å². The summed E-state index contributed by atoms with van der Waals surface area (Å²) < 4.78 is 33.9. The first kappa shape index (κ1) is 51.5. The predicted molar refractivity (Wildman–Crippen MR) is 218 cm³/mol. The third kappa shape index (κ3) is 40.0. The van der Waals surface area contributed by atoms with Crippen LogP contribution in [0.1, 0.15) is 187 Å². The summed E-state index contributed by atoms with van der Waals surface area (Å²) in [6.45, 7) is 4.19. The molecule has 0 fully saturated rings. The van der Waals surface area contributed by atoms with Crippen LogP contribution in [-0.4, -0.2) is 70.0 Å². The van der Waals surface area contributed by atoms with Crippen LogP contribution in [0.15, 0.2) is 24.3 Å². The standard InChI is InChI=1S/C43H82NO8P/c1-6-8-10-12-14-16-18-20-21-22-23-24-26-28-30-32-34-36-43(46)52-41(40-51-53(47,48)50-38-37-44(3,4)5)39-49-42(45)35-33-31-29-27-25-19-17-15-13-11-9-7-2/h14,16,20-21,41H,6-13,15,17-19,22-40H2,1-5H3/b16-14-,21-20-/t41-/m1/s1. The Morgan fingerprint density at radius 2 is 1.02 bits per heavy atom. The average molecular weight is 772 g/mol. The Hall–Kier alpha value is -1.51. The molecule has 0 aromatic rings. The Kier molecular flexibility index (Phi) is 35.1. The van der Waals surface area contributed by atoms with Gasteiger partial charge in [0.25, 0.3) is 7.82 Å². The second-order valence-electron chi connectivity index (χ2n) is 15.7. The molecule has 0 bridgehead atoms. The fraction of sp³-hybridized carbons (Fsp3) is 0.860. The molecule has 0 aliphatic heterocycles. The molecule has 0 spiro atoms. The van der Waals surface area contributed by atoms with Crippen LogP contribution in [0.2, 0.25) is 0 Å². The minimum Gasteiger partial charge on any atom is -0.756 e. The Morgan fingerprint density at radius 1 is 0.585 bits per heavy atom. The smallest absolute Gasteiger partial charge is 0.306 e. The number of esters is 2. The molecule has 9 nitrogen and oxygen atoms in total. The van der Waals surface area contributed by atoms with Gasteiger partial charge in [-0.3, -0.25) is 14.2 Å². The number of phosphoric acid groups is 1. The summed E-state index contributed by atoms with van der Waals surface area (Å²) in [6.07, 6.45) is 37.7. The summed E-state index contributed by atoms with van der Waals surface area (Å²) in [5, 5.41) is 0. The van der Waals surface area contributed by atoms with Crippen LogP contribution in [0.5, 0.6) is 0 Å². The first-order valence-electron chi connectivity index (χ1n) is 21.5. The van der Waals surface area contributed by atoms with Crippen LogP contribution in [-0.2, 0) is 32.7 Å². The van der Waals surface area contributed by atoms with Crippen molar-refractivity contribution in [2.45, 2.75) is 193 Å². The van der Waals surface area contributed by atoms with Crippen LogP contribution >= 0.6 is 7.82 Å². The number of phosphoric ester groups is 1. The van der Waals surface area contributed by atoms with Gasteiger partial charge in [-0.2, -0.15) is 0 Å². The number of likely N-dealkylation sites (N-methyl/N-ethyl adjacent to an activating group) is 1. The third-order valence-corrected chi connectivity index (χ3v) is 10.2. The first-order valence-corrected chi connectivity index (χ1v) is 23.0. The van der Waals surface area contributed by atoms with Crippen LogP contribution in [0.25, 0.3) is 0 Å². The van der Waals surface area contributed by atoms with E-state index in [1.165, 1.54) is 103 Å². The lowest BCUT2D eigenvalue weighted by Crippen LogP contribution is -2.37. The van der Waals surface area contributed by atoms with Crippen molar-refractivity contribution in [1.29, 1.82) is 0 Å². The topological polar surface area (TPSA) is 111 Å². The van der Waals surface area contributed by atoms with E-state index in [0.29, 0.717) is 17.4 Å². The monoisotopic (exact) mass is 772 g/mol. The van der Waals surface area contributed by atoms with Crippen LogP contribution in [0, 0.1) is 0 Å². The minimum absolute atomic E-state index is 0.0308. The van der Waals surface area contributed by atoms with E-state index < -0.39 is 26.5 Å². The van der Waals surface area contributed by atoms with Gasteiger partial charge in [0.1, 0.15) is 19.8 Å². The highest BCUT2D eigenvalue weighted by Crippen LogP contribution is 2.38. The van der Waals surface area contributed by atoms with Crippen molar-refractivity contribution in [3.63, 3.8) is 0 Å². The van der Waals surface area contributed by atoms with Gasteiger partial charge in [0, 0.05) is 12.8 Å². The van der Waals surface area contributed by atoms with Crippen molar-refractivity contribution in [2.75, 3.05) is 47.5 Å². The van der Waals surface area contributed by atoms with E-state index in [-0.39, 0.29) is 32.0 Å². The molecule has 0 N–H and O–H groups in total. The van der Waals surface area contributed by atoms with Gasteiger partial charge in [0.15, 0.2) is 6.10 Å². The van der Waals surface area contributed by atoms with E-state index in [1.807, 2.05) is 21.1 Å². The number of allylic oxidation sites excluding steroid dienone is 4. The van der Waals surface area contributed by atoms with Gasteiger partial charge < -0.3 is 27.9 Å². The number of unbranched alkanes of at least 4 members (excludes halogenated alkanes) is 21. The predicted octanol–water partition coefficient (Wildman–Crippen LogP) is 11.3. The molecular weight excluding hydrogens is 689 g/mol. The Morgan fingerprint density at radius 3 is 1.53 bits per heavy atom. The van der Waals surface area contributed by atoms with Crippen molar-refractivity contribution in [2.24, 2.45) is 0 Å².